The zero-order valence-corrected chi connectivity index (χ0v) is 11.8. The van der Waals surface area contributed by atoms with E-state index in [2.05, 4.69) is 40.4 Å². The number of nitrogens with one attached hydrogen (secondary N) is 1. The minimum Gasteiger partial charge on any atom is -0.497 e. The molecule has 0 unspecified atom stereocenters. The molecule has 2 atom stereocenters. The molecular weight excluding hydrogens is 248 g/mol. The summed E-state index contributed by atoms with van der Waals surface area (Å²) in [5, 5.41) is 1.30. The molecule has 3 heteroatoms. The number of rotatable bonds is 4. The first-order chi connectivity index (χ1) is 9.83. The Morgan fingerprint density at radius 1 is 1.35 bits per heavy atom. The lowest BCUT2D eigenvalue weighted by atomic mass is 10.1. The molecule has 2 aromatic rings. The van der Waals surface area contributed by atoms with E-state index in [0.29, 0.717) is 6.04 Å². The zero-order chi connectivity index (χ0) is 13.5. The number of H-pyrrole nitrogens is 1. The second-order valence-electron chi connectivity index (χ2n) is 5.92. The highest BCUT2D eigenvalue weighted by Gasteiger charge is 2.32. The van der Waals surface area contributed by atoms with Crippen molar-refractivity contribution in [1.29, 1.82) is 0 Å². The summed E-state index contributed by atoms with van der Waals surface area (Å²) in [5.74, 6) is 1.74. The predicted molar refractivity (Wildman–Crippen MR) is 81.2 cm³/mol. The van der Waals surface area contributed by atoms with E-state index < -0.39 is 0 Å². The van der Waals surface area contributed by atoms with E-state index in [1.54, 1.807) is 7.11 Å². The molecule has 0 spiro atoms. The molecule has 0 amide bonds. The molecule has 1 aliphatic heterocycles. The number of ether oxygens (including phenoxy) is 1. The van der Waals surface area contributed by atoms with Gasteiger partial charge in [-0.1, -0.05) is 12.2 Å². The smallest absolute Gasteiger partial charge is 0.119 e. The van der Waals surface area contributed by atoms with Crippen LogP contribution in [0.1, 0.15) is 12.0 Å². The molecule has 1 aromatic heterocycles. The van der Waals surface area contributed by atoms with Crippen LogP contribution in [0, 0.1) is 5.92 Å². The summed E-state index contributed by atoms with van der Waals surface area (Å²) in [6.45, 7) is 2.39. The average molecular weight is 268 g/mol. The second-order valence-corrected chi connectivity index (χ2v) is 5.92. The third-order valence-corrected chi connectivity index (χ3v) is 4.73. The van der Waals surface area contributed by atoms with Crippen LogP contribution in [0.15, 0.2) is 36.5 Å². The number of methoxy groups -OCH3 is 1. The van der Waals surface area contributed by atoms with Crippen molar-refractivity contribution in [2.45, 2.75) is 18.9 Å². The van der Waals surface area contributed by atoms with Crippen LogP contribution in [0.25, 0.3) is 10.9 Å². The number of likely N-dealkylation sites (tertiary alicyclic amines) is 1. The molecule has 0 radical (unpaired) electrons. The topological polar surface area (TPSA) is 28.3 Å². The lowest BCUT2D eigenvalue weighted by molar-refractivity contribution is 0.283. The molecule has 2 bridgehead atoms. The Morgan fingerprint density at radius 2 is 2.30 bits per heavy atom. The van der Waals surface area contributed by atoms with E-state index in [-0.39, 0.29) is 0 Å². The maximum atomic E-state index is 5.33. The van der Waals surface area contributed by atoms with Crippen molar-refractivity contribution < 1.29 is 4.74 Å². The molecule has 1 saturated heterocycles. The van der Waals surface area contributed by atoms with Crippen LogP contribution < -0.4 is 4.74 Å². The Bertz CT molecular complexity index is 658. The number of benzene rings is 1. The van der Waals surface area contributed by atoms with Gasteiger partial charge in [0.05, 0.1) is 7.11 Å². The first-order valence-electron chi connectivity index (χ1n) is 7.40. The lowest BCUT2D eigenvalue weighted by Crippen LogP contribution is -2.31. The van der Waals surface area contributed by atoms with Crippen molar-refractivity contribution in [2.24, 2.45) is 5.92 Å². The fourth-order valence-corrected chi connectivity index (χ4v) is 3.61. The molecule has 0 saturated carbocycles. The lowest BCUT2D eigenvalue weighted by Gasteiger charge is -2.23. The van der Waals surface area contributed by atoms with E-state index in [0.717, 1.165) is 24.6 Å². The molecule has 2 aliphatic rings. The van der Waals surface area contributed by atoms with Gasteiger partial charge in [-0.2, -0.15) is 0 Å². The van der Waals surface area contributed by atoms with Crippen LogP contribution in [0.5, 0.6) is 5.75 Å². The van der Waals surface area contributed by atoms with Crippen molar-refractivity contribution in [1.82, 2.24) is 9.88 Å². The minimum atomic E-state index is 0.694. The molecule has 1 aliphatic carbocycles. The fourth-order valence-electron chi connectivity index (χ4n) is 3.61. The fraction of sp³-hybridized carbons (Fsp3) is 0.412. The number of nitrogens with zero attached hydrogens (tertiary/aromatic N) is 1. The van der Waals surface area contributed by atoms with Gasteiger partial charge in [-0.05, 0) is 42.5 Å². The number of hydrogen-bond acceptors (Lipinski definition) is 2. The SMILES string of the molecule is COc1ccc2[nH]cc(CCN3C[C@H]4C=C[C@@H]3C4)c2c1. The molecule has 3 nitrogen and oxygen atoms in total. The summed E-state index contributed by atoms with van der Waals surface area (Å²) in [4.78, 5) is 5.98. The summed E-state index contributed by atoms with van der Waals surface area (Å²) < 4.78 is 5.33. The molecule has 4 rings (SSSR count). The molecule has 2 heterocycles. The molecule has 20 heavy (non-hydrogen) atoms. The van der Waals surface area contributed by atoms with Crippen molar-refractivity contribution in [2.75, 3.05) is 20.2 Å². The molecule has 1 N–H and O–H groups in total. The van der Waals surface area contributed by atoms with Gasteiger partial charge in [-0.15, -0.1) is 0 Å². The van der Waals surface area contributed by atoms with Crippen LogP contribution in [0.4, 0.5) is 0 Å². The van der Waals surface area contributed by atoms with Gasteiger partial charge in [0.25, 0.3) is 0 Å². The third-order valence-electron chi connectivity index (χ3n) is 4.73. The number of aromatic amines is 1. The van der Waals surface area contributed by atoms with Gasteiger partial charge in [0.15, 0.2) is 0 Å². The molecule has 104 valence electrons. The largest absolute Gasteiger partial charge is 0.497 e. The Kier molecular flexibility index (Phi) is 2.81. The van der Waals surface area contributed by atoms with Crippen molar-refractivity contribution in [3.8, 4) is 5.75 Å². The van der Waals surface area contributed by atoms with Gasteiger partial charge in [-0.3, -0.25) is 4.90 Å². The summed E-state index contributed by atoms with van der Waals surface area (Å²) in [6.07, 6.45) is 9.35. The Morgan fingerprint density at radius 3 is 3.05 bits per heavy atom. The Labute approximate surface area is 119 Å². The van der Waals surface area contributed by atoms with Crippen LogP contribution in [0.2, 0.25) is 0 Å². The van der Waals surface area contributed by atoms with Gasteiger partial charge in [0.1, 0.15) is 5.75 Å². The number of fused-ring (bicyclic) bond motifs is 3. The first kappa shape index (κ1) is 12.0. The number of aromatic nitrogens is 1. The zero-order valence-electron chi connectivity index (χ0n) is 11.8. The quantitative estimate of drug-likeness (QED) is 0.863. The van der Waals surface area contributed by atoms with E-state index in [4.69, 9.17) is 4.74 Å². The summed E-state index contributed by atoms with van der Waals surface area (Å²) in [5.41, 5.74) is 2.59. The van der Waals surface area contributed by atoms with Gasteiger partial charge >= 0.3 is 0 Å². The average Bonchev–Trinajstić information content (AvgIpc) is 3.19. The van der Waals surface area contributed by atoms with Crippen LogP contribution in [0.3, 0.4) is 0 Å². The normalized spacial score (nSPS) is 24.9. The van der Waals surface area contributed by atoms with Crippen LogP contribution in [-0.4, -0.2) is 36.1 Å². The monoisotopic (exact) mass is 268 g/mol. The standard InChI is InChI=1S/C17H20N2O/c1-20-15-4-5-17-16(9-15)13(10-18-17)6-7-19-11-12-2-3-14(19)8-12/h2-5,9-10,12,14,18H,6-8,11H2,1H3/t12-,14+/m0/s1. The van der Waals surface area contributed by atoms with Crippen LogP contribution >= 0.6 is 0 Å². The van der Waals surface area contributed by atoms with Crippen molar-refractivity contribution in [3.63, 3.8) is 0 Å². The highest BCUT2D eigenvalue weighted by atomic mass is 16.5. The van der Waals surface area contributed by atoms with Crippen molar-refractivity contribution in [3.05, 3.63) is 42.1 Å². The summed E-state index contributed by atoms with van der Waals surface area (Å²) >= 11 is 0. The van der Waals surface area contributed by atoms with Crippen molar-refractivity contribution >= 4 is 10.9 Å². The van der Waals surface area contributed by atoms with Gasteiger partial charge in [0, 0.05) is 36.2 Å². The Balaban J connectivity index is 1.52. The second kappa shape index (κ2) is 4.67. The van der Waals surface area contributed by atoms with E-state index in [1.807, 2.05) is 6.07 Å². The highest BCUT2D eigenvalue weighted by molar-refractivity contribution is 5.84. The first-order valence-corrected chi connectivity index (χ1v) is 7.40. The highest BCUT2D eigenvalue weighted by Crippen LogP contribution is 2.32. The van der Waals surface area contributed by atoms with E-state index in [1.165, 1.54) is 29.4 Å². The maximum absolute atomic E-state index is 5.33. The minimum absolute atomic E-state index is 0.694. The van der Waals surface area contributed by atoms with E-state index in [9.17, 15) is 0 Å². The Hall–Kier alpha value is -1.74. The van der Waals surface area contributed by atoms with E-state index >= 15 is 0 Å². The van der Waals surface area contributed by atoms with Gasteiger partial charge in [0.2, 0.25) is 0 Å². The summed E-state index contributed by atoms with van der Waals surface area (Å²) in [7, 11) is 1.72. The maximum Gasteiger partial charge on any atom is 0.119 e. The molecule has 1 fully saturated rings. The van der Waals surface area contributed by atoms with Crippen LogP contribution in [-0.2, 0) is 6.42 Å². The van der Waals surface area contributed by atoms with Gasteiger partial charge in [-0.25, -0.2) is 0 Å². The summed E-state index contributed by atoms with van der Waals surface area (Å²) in [6, 6.07) is 6.93. The van der Waals surface area contributed by atoms with Gasteiger partial charge < -0.3 is 9.72 Å². The third kappa shape index (κ3) is 1.93. The predicted octanol–water partition coefficient (Wildman–Crippen LogP) is 2.98. The molecule has 1 aromatic carbocycles. The molecular formula is C17H20N2O. The number of hydrogen-bond donors (Lipinski definition) is 1.